The molecule has 3 N–H and O–H groups in total. The molecule has 3 aliphatic heterocycles. The quantitative estimate of drug-likeness (QED) is 0.506. The SMILES string of the molecule is CNC(=O)[C@H]1[C@H]2C(=O)N([C@@H](CO)Cc3ccccc3)C(C(=O)NCc3ccccc3)C23CC(C)[C@]1(C)O3. The van der Waals surface area contributed by atoms with Crippen molar-refractivity contribution < 1.29 is 24.2 Å². The predicted molar refractivity (Wildman–Crippen MR) is 137 cm³/mol. The standard InChI is InChI=1S/C29H35N3O5/c1-18-15-29-23(22(25(34)30-3)28(18,2)37-29)27(36)32(21(17-33)14-19-10-6-4-7-11-19)24(29)26(35)31-16-20-12-8-5-9-13-20/h4-13,18,21-24,33H,14-17H2,1-3H3,(H,30,34)(H,31,35)/t18?,21-,22-,23+,24?,28+,29?/m1/s1. The fourth-order valence-corrected chi connectivity index (χ4v) is 6.94. The van der Waals surface area contributed by atoms with Gasteiger partial charge in [-0.15, -0.1) is 0 Å². The molecule has 8 heteroatoms. The van der Waals surface area contributed by atoms with Crippen LogP contribution < -0.4 is 10.6 Å². The Balaban J connectivity index is 1.55. The Morgan fingerprint density at radius 3 is 2.30 bits per heavy atom. The van der Waals surface area contributed by atoms with Crippen LogP contribution in [0.25, 0.3) is 0 Å². The summed E-state index contributed by atoms with van der Waals surface area (Å²) < 4.78 is 6.68. The number of rotatable bonds is 8. The van der Waals surface area contributed by atoms with Crippen molar-refractivity contribution in [3.05, 3.63) is 71.8 Å². The van der Waals surface area contributed by atoms with Gasteiger partial charge in [-0.05, 0) is 36.8 Å². The van der Waals surface area contributed by atoms with Crippen molar-refractivity contribution in [2.75, 3.05) is 13.7 Å². The zero-order valence-electron chi connectivity index (χ0n) is 21.5. The van der Waals surface area contributed by atoms with Gasteiger partial charge in [0, 0.05) is 13.6 Å². The zero-order chi connectivity index (χ0) is 26.4. The van der Waals surface area contributed by atoms with Gasteiger partial charge in [0.2, 0.25) is 17.7 Å². The number of nitrogens with zero attached hydrogens (tertiary/aromatic N) is 1. The van der Waals surface area contributed by atoms with Gasteiger partial charge >= 0.3 is 0 Å². The molecule has 7 atom stereocenters. The van der Waals surface area contributed by atoms with Crippen molar-refractivity contribution in [1.29, 1.82) is 0 Å². The van der Waals surface area contributed by atoms with Crippen LogP contribution in [0.5, 0.6) is 0 Å². The van der Waals surface area contributed by atoms with Gasteiger partial charge in [-0.25, -0.2) is 0 Å². The molecule has 37 heavy (non-hydrogen) atoms. The van der Waals surface area contributed by atoms with Crippen molar-refractivity contribution in [3.63, 3.8) is 0 Å². The number of aliphatic hydroxyl groups is 1. The Hall–Kier alpha value is -3.23. The number of amides is 3. The van der Waals surface area contributed by atoms with Gasteiger partial charge in [-0.3, -0.25) is 14.4 Å². The molecule has 3 unspecified atom stereocenters. The molecule has 3 amide bonds. The normalized spacial score (nSPS) is 32.8. The zero-order valence-corrected chi connectivity index (χ0v) is 21.5. The van der Waals surface area contributed by atoms with Crippen LogP contribution in [0.1, 0.15) is 31.4 Å². The van der Waals surface area contributed by atoms with E-state index in [1.165, 1.54) is 4.90 Å². The molecule has 2 bridgehead atoms. The van der Waals surface area contributed by atoms with Crippen LogP contribution in [-0.4, -0.2) is 64.7 Å². The van der Waals surface area contributed by atoms with Crippen molar-refractivity contribution in [1.82, 2.24) is 15.5 Å². The molecule has 3 aliphatic rings. The Morgan fingerprint density at radius 2 is 1.70 bits per heavy atom. The summed E-state index contributed by atoms with van der Waals surface area (Å²) in [5.74, 6) is -2.46. The lowest BCUT2D eigenvalue weighted by Crippen LogP contribution is -2.58. The van der Waals surface area contributed by atoms with Gasteiger partial charge in [0.05, 0.1) is 30.1 Å². The van der Waals surface area contributed by atoms with Crippen molar-refractivity contribution >= 4 is 17.7 Å². The minimum Gasteiger partial charge on any atom is -0.394 e. The Labute approximate surface area is 217 Å². The number of carbonyl (C=O) groups excluding carboxylic acids is 3. The summed E-state index contributed by atoms with van der Waals surface area (Å²) in [6, 6.07) is 17.5. The van der Waals surface area contributed by atoms with E-state index < -0.39 is 35.1 Å². The van der Waals surface area contributed by atoms with Crippen LogP contribution >= 0.6 is 0 Å². The molecule has 0 saturated carbocycles. The van der Waals surface area contributed by atoms with Crippen LogP contribution in [0.4, 0.5) is 0 Å². The van der Waals surface area contributed by atoms with Crippen LogP contribution in [0.2, 0.25) is 0 Å². The summed E-state index contributed by atoms with van der Waals surface area (Å²) in [5.41, 5.74) is -0.129. The summed E-state index contributed by atoms with van der Waals surface area (Å²) in [6.45, 7) is 3.88. The van der Waals surface area contributed by atoms with E-state index in [2.05, 4.69) is 10.6 Å². The van der Waals surface area contributed by atoms with E-state index in [9.17, 15) is 19.5 Å². The minimum absolute atomic E-state index is 0.0371. The second kappa shape index (κ2) is 9.58. The first-order valence-corrected chi connectivity index (χ1v) is 13.0. The Morgan fingerprint density at radius 1 is 1.08 bits per heavy atom. The fraction of sp³-hybridized carbons (Fsp3) is 0.483. The maximum absolute atomic E-state index is 14.2. The van der Waals surface area contributed by atoms with Gasteiger partial charge in [0.15, 0.2) is 0 Å². The molecule has 3 saturated heterocycles. The second-order valence-corrected chi connectivity index (χ2v) is 10.8. The number of aliphatic hydroxyl groups excluding tert-OH is 1. The molecule has 0 radical (unpaired) electrons. The van der Waals surface area contributed by atoms with Gasteiger partial charge in [0.1, 0.15) is 11.6 Å². The number of hydrogen-bond acceptors (Lipinski definition) is 5. The molecule has 196 valence electrons. The first-order chi connectivity index (χ1) is 17.8. The van der Waals surface area contributed by atoms with Gasteiger partial charge < -0.3 is 25.4 Å². The third-order valence-electron chi connectivity index (χ3n) is 8.76. The average molecular weight is 506 g/mol. The maximum Gasteiger partial charge on any atom is 0.246 e. The molecule has 0 aromatic heterocycles. The predicted octanol–water partition coefficient (Wildman–Crippen LogP) is 1.66. The lowest BCUT2D eigenvalue weighted by Gasteiger charge is -2.37. The van der Waals surface area contributed by atoms with E-state index in [1.54, 1.807) is 7.05 Å². The van der Waals surface area contributed by atoms with E-state index in [0.29, 0.717) is 19.4 Å². The summed E-state index contributed by atoms with van der Waals surface area (Å²) in [5, 5.41) is 16.2. The largest absolute Gasteiger partial charge is 0.394 e. The van der Waals surface area contributed by atoms with Gasteiger partial charge in [0.25, 0.3) is 0 Å². The van der Waals surface area contributed by atoms with Gasteiger partial charge in [-0.1, -0.05) is 67.6 Å². The van der Waals surface area contributed by atoms with Crippen molar-refractivity contribution in [3.8, 4) is 0 Å². The third-order valence-corrected chi connectivity index (χ3v) is 8.76. The number of benzene rings is 2. The Bertz CT molecular complexity index is 1170. The minimum atomic E-state index is -1.15. The highest BCUT2D eigenvalue weighted by Gasteiger charge is 2.80. The number of carbonyl (C=O) groups is 3. The topological polar surface area (TPSA) is 108 Å². The highest BCUT2D eigenvalue weighted by molar-refractivity contribution is 5.99. The fourth-order valence-electron chi connectivity index (χ4n) is 6.94. The first-order valence-electron chi connectivity index (χ1n) is 13.0. The van der Waals surface area contributed by atoms with Crippen LogP contribution in [-0.2, 0) is 32.1 Å². The molecular weight excluding hydrogens is 470 g/mol. The number of fused-ring (bicyclic) bond motifs is 1. The average Bonchev–Trinajstić information content (AvgIpc) is 3.43. The molecule has 1 spiro atoms. The first kappa shape index (κ1) is 25.4. The maximum atomic E-state index is 14.2. The van der Waals surface area contributed by atoms with E-state index in [0.717, 1.165) is 11.1 Å². The Kier molecular flexibility index (Phi) is 6.58. The lowest BCUT2D eigenvalue weighted by molar-refractivity contribution is -0.150. The number of ether oxygens (including phenoxy) is 1. The summed E-state index contributed by atoms with van der Waals surface area (Å²) in [7, 11) is 1.56. The monoisotopic (exact) mass is 505 g/mol. The highest BCUT2D eigenvalue weighted by atomic mass is 16.5. The molecule has 5 rings (SSSR count). The summed E-state index contributed by atoms with van der Waals surface area (Å²) in [4.78, 5) is 42.8. The number of likely N-dealkylation sites (tertiary alicyclic amines) is 1. The smallest absolute Gasteiger partial charge is 0.246 e. The van der Waals surface area contributed by atoms with Crippen molar-refractivity contribution in [2.45, 2.75) is 56.5 Å². The highest BCUT2D eigenvalue weighted by Crippen LogP contribution is 2.65. The van der Waals surface area contributed by atoms with E-state index in [1.807, 2.05) is 74.5 Å². The van der Waals surface area contributed by atoms with E-state index in [-0.39, 0.29) is 30.2 Å². The molecule has 2 aromatic carbocycles. The van der Waals surface area contributed by atoms with Crippen LogP contribution in [0.15, 0.2) is 60.7 Å². The molecule has 2 aromatic rings. The number of nitrogens with one attached hydrogen (secondary N) is 2. The third kappa shape index (κ3) is 3.94. The molecule has 0 aliphatic carbocycles. The second-order valence-electron chi connectivity index (χ2n) is 10.8. The molecule has 8 nitrogen and oxygen atoms in total. The molecular formula is C29H35N3O5. The summed E-state index contributed by atoms with van der Waals surface area (Å²) in [6.07, 6.45) is 0.864. The summed E-state index contributed by atoms with van der Waals surface area (Å²) >= 11 is 0. The van der Waals surface area contributed by atoms with Crippen LogP contribution in [0.3, 0.4) is 0 Å². The van der Waals surface area contributed by atoms with Crippen LogP contribution in [0, 0.1) is 17.8 Å². The molecule has 3 fully saturated rings. The van der Waals surface area contributed by atoms with E-state index >= 15 is 0 Å². The van der Waals surface area contributed by atoms with Crippen molar-refractivity contribution in [2.24, 2.45) is 17.8 Å². The number of hydrogen-bond donors (Lipinski definition) is 3. The lowest BCUT2D eigenvalue weighted by atomic mass is 9.62. The van der Waals surface area contributed by atoms with Gasteiger partial charge in [-0.2, -0.15) is 0 Å². The van der Waals surface area contributed by atoms with E-state index in [4.69, 9.17) is 4.74 Å². The molecule has 3 heterocycles.